The van der Waals surface area contributed by atoms with E-state index in [0.717, 1.165) is 6.42 Å². The van der Waals surface area contributed by atoms with E-state index in [4.69, 9.17) is 5.11 Å². The SMILES string of the molecule is CCCCCCCCCCO.[Ti]. The number of rotatable bonds is 8. The van der Waals surface area contributed by atoms with Crippen molar-refractivity contribution in [2.24, 2.45) is 0 Å². The predicted octanol–water partition coefficient (Wildman–Crippen LogP) is 3.12. The minimum absolute atomic E-state index is 0. The second-order valence-electron chi connectivity index (χ2n) is 3.20. The van der Waals surface area contributed by atoms with Crippen LogP contribution in [0.1, 0.15) is 58.3 Å². The van der Waals surface area contributed by atoms with Crippen LogP contribution in [-0.2, 0) is 21.7 Å². The molecule has 12 heavy (non-hydrogen) atoms. The van der Waals surface area contributed by atoms with E-state index < -0.39 is 0 Å². The Balaban J connectivity index is 0. The summed E-state index contributed by atoms with van der Waals surface area (Å²) in [6.07, 6.45) is 10.4. The number of unbranched alkanes of at least 4 members (excludes halogenated alkanes) is 7. The zero-order valence-corrected chi connectivity index (χ0v) is 9.87. The van der Waals surface area contributed by atoms with Gasteiger partial charge in [0.25, 0.3) is 0 Å². The summed E-state index contributed by atoms with van der Waals surface area (Å²) >= 11 is 0. The van der Waals surface area contributed by atoms with E-state index in [9.17, 15) is 0 Å². The maximum atomic E-state index is 8.51. The van der Waals surface area contributed by atoms with Crippen LogP contribution in [0.4, 0.5) is 0 Å². The average molecular weight is 206 g/mol. The van der Waals surface area contributed by atoms with Gasteiger partial charge in [0.15, 0.2) is 0 Å². The summed E-state index contributed by atoms with van der Waals surface area (Å²) in [5.74, 6) is 0. The van der Waals surface area contributed by atoms with Crippen LogP contribution < -0.4 is 0 Å². The molecule has 0 atom stereocenters. The fraction of sp³-hybridized carbons (Fsp3) is 1.00. The van der Waals surface area contributed by atoms with E-state index in [0.29, 0.717) is 6.61 Å². The van der Waals surface area contributed by atoms with Gasteiger partial charge in [-0.05, 0) is 6.42 Å². The van der Waals surface area contributed by atoms with Gasteiger partial charge >= 0.3 is 0 Å². The summed E-state index contributed by atoms with van der Waals surface area (Å²) in [4.78, 5) is 0. The molecule has 0 aliphatic carbocycles. The van der Waals surface area contributed by atoms with Crippen LogP contribution in [0.3, 0.4) is 0 Å². The van der Waals surface area contributed by atoms with Gasteiger partial charge in [0.05, 0.1) is 0 Å². The predicted molar refractivity (Wildman–Crippen MR) is 49.7 cm³/mol. The summed E-state index contributed by atoms with van der Waals surface area (Å²) in [7, 11) is 0. The quantitative estimate of drug-likeness (QED) is 0.477. The Bertz CT molecular complexity index is 58.9. The Morgan fingerprint density at radius 2 is 1.17 bits per heavy atom. The fourth-order valence-electron chi connectivity index (χ4n) is 1.25. The van der Waals surface area contributed by atoms with Gasteiger partial charge in [-0.1, -0.05) is 51.9 Å². The zero-order valence-electron chi connectivity index (χ0n) is 8.31. The molecule has 0 bridgehead atoms. The van der Waals surface area contributed by atoms with Crippen LogP contribution in [0.25, 0.3) is 0 Å². The van der Waals surface area contributed by atoms with Crippen molar-refractivity contribution in [2.45, 2.75) is 58.3 Å². The first kappa shape index (κ1) is 15.2. The van der Waals surface area contributed by atoms with Crippen molar-refractivity contribution < 1.29 is 26.8 Å². The molecule has 0 fully saturated rings. The van der Waals surface area contributed by atoms with E-state index in [-0.39, 0.29) is 21.7 Å². The molecule has 0 saturated heterocycles. The molecule has 0 spiro atoms. The normalized spacial score (nSPS) is 9.50. The molecular formula is C10H22OTi. The van der Waals surface area contributed by atoms with Crippen molar-refractivity contribution in [1.82, 2.24) is 0 Å². The van der Waals surface area contributed by atoms with E-state index in [2.05, 4.69) is 6.92 Å². The van der Waals surface area contributed by atoms with E-state index in [1.807, 2.05) is 0 Å². The largest absolute Gasteiger partial charge is 0.396 e. The van der Waals surface area contributed by atoms with E-state index in [1.165, 1.54) is 44.9 Å². The molecule has 1 N–H and O–H groups in total. The minimum atomic E-state index is 0. The first-order chi connectivity index (χ1) is 5.41. The molecule has 0 aromatic carbocycles. The maximum absolute atomic E-state index is 8.51. The first-order valence-electron chi connectivity index (χ1n) is 5.02. The minimum Gasteiger partial charge on any atom is -0.396 e. The molecule has 2 heteroatoms. The summed E-state index contributed by atoms with van der Waals surface area (Å²) in [6, 6.07) is 0. The van der Waals surface area contributed by atoms with Gasteiger partial charge in [-0.25, -0.2) is 0 Å². The average Bonchev–Trinajstić information content (AvgIpc) is 2.03. The molecule has 1 nitrogen and oxygen atoms in total. The number of hydrogen-bond acceptors (Lipinski definition) is 1. The van der Waals surface area contributed by atoms with Crippen LogP contribution in [0.15, 0.2) is 0 Å². The third-order valence-corrected chi connectivity index (χ3v) is 2.01. The molecule has 0 aliphatic heterocycles. The van der Waals surface area contributed by atoms with Crippen molar-refractivity contribution in [1.29, 1.82) is 0 Å². The van der Waals surface area contributed by atoms with Gasteiger partial charge in [0.2, 0.25) is 0 Å². The third kappa shape index (κ3) is 13.3. The monoisotopic (exact) mass is 206 g/mol. The van der Waals surface area contributed by atoms with Crippen LogP contribution in [0.2, 0.25) is 0 Å². The number of aliphatic hydroxyl groups is 1. The van der Waals surface area contributed by atoms with Gasteiger partial charge in [0.1, 0.15) is 0 Å². The number of aliphatic hydroxyl groups excluding tert-OH is 1. The van der Waals surface area contributed by atoms with Gasteiger partial charge in [-0.2, -0.15) is 0 Å². The Hall–Kier alpha value is 0.674. The molecule has 0 saturated carbocycles. The second-order valence-corrected chi connectivity index (χ2v) is 3.20. The van der Waals surface area contributed by atoms with Crippen molar-refractivity contribution in [2.75, 3.05) is 6.61 Å². The molecule has 0 rings (SSSR count). The molecule has 0 aliphatic rings. The van der Waals surface area contributed by atoms with Crippen molar-refractivity contribution in [3.05, 3.63) is 0 Å². The zero-order chi connectivity index (χ0) is 8.36. The first-order valence-corrected chi connectivity index (χ1v) is 5.02. The van der Waals surface area contributed by atoms with Crippen LogP contribution in [0, 0.1) is 0 Å². The molecular weight excluding hydrogens is 184 g/mol. The van der Waals surface area contributed by atoms with E-state index in [1.54, 1.807) is 0 Å². The van der Waals surface area contributed by atoms with Crippen LogP contribution >= 0.6 is 0 Å². The summed E-state index contributed by atoms with van der Waals surface area (Å²) in [6.45, 7) is 2.61. The second kappa shape index (κ2) is 14.2. The Kier molecular flexibility index (Phi) is 18.0. The van der Waals surface area contributed by atoms with Crippen molar-refractivity contribution in [3.63, 3.8) is 0 Å². The standard InChI is InChI=1S/C10H22O.Ti/c1-2-3-4-5-6-7-8-9-10-11;/h11H,2-10H2,1H3;. The number of hydrogen-bond donors (Lipinski definition) is 1. The third-order valence-electron chi connectivity index (χ3n) is 2.01. The van der Waals surface area contributed by atoms with Gasteiger partial charge in [0, 0.05) is 28.3 Å². The molecule has 0 heterocycles. The Labute approximate surface area is 91.8 Å². The fourth-order valence-corrected chi connectivity index (χ4v) is 1.25. The topological polar surface area (TPSA) is 20.2 Å². The van der Waals surface area contributed by atoms with Crippen LogP contribution in [-0.4, -0.2) is 11.7 Å². The molecule has 0 unspecified atom stereocenters. The van der Waals surface area contributed by atoms with Crippen molar-refractivity contribution in [3.8, 4) is 0 Å². The smallest absolute Gasteiger partial charge is 0.0431 e. The summed E-state index contributed by atoms with van der Waals surface area (Å²) in [5.41, 5.74) is 0. The van der Waals surface area contributed by atoms with Gasteiger partial charge in [-0.3, -0.25) is 0 Å². The summed E-state index contributed by atoms with van der Waals surface area (Å²) in [5, 5.41) is 8.51. The molecule has 0 radical (unpaired) electrons. The van der Waals surface area contributed by atoms with Crippen molar-refractivity contribution >= 4 is 0 Å². The molecule has 0 amide bonds. The molecule has 0 aromatic rings. The van der Waals surface area contributed by atoms with Crippen LogP contribution in [0.5, 0.6) is 0 Å². The molecule has 72 valence electrons. The summed E-state index contributed by atoms with van der Waals surface area (Å²) < 4.78 is 0. The molecule has 0 aromatic heterocycles. The Morgan fingerprint density at radius 3 is 1.58 bits per heavy atom. The maximum Gasteiger partial charge on any atom is 0.0431 e. The van der Waals surface area contributed by atoms with Gasteiger partial charge < -0.3 is 5.11 Å². The van der Waals surface area contributed by atoms with E-state index >= 15 is 0 Å². The van der Waals surface area contributed by atoms with Gasteiger partial charge in [-0.15, -0.1) is 0 Å². The Morgan fingerprint density at radius 1 is 0.750 bits per heavy atom.